The summed E-state index contributed by atoms with van der Waals surface area (Å²) in [4.78, 5) is 0. The first-order valence-corrected chi connectivity index (χ1v) is 21.8. The van der Waals surface area contributed by atoms with E-state index in [9.17, 15) is 0 Å². The van der Waals surface area contributed by atoms with Crippen LogP contribution in [0.3, 0.4) is 0 Å². The van der Waals surface area contributed by atoms with Gasteiger partial charge in [-0.25, -0.2) is 0 Å². The van der Waals surface area contributed by atoms with Crippen molar-refractivity contribution in [2.24, 2.45) is 0 Å². The van der Waals surface area contributed by atoms with Crippen LogP contribution in [0.4, 0.5) is 0 Å². The van der Waals surface area contributed by atoms with Crippen LogP contribution in [0.1, 0.15) is 22.3 Å². The van der Waals surface area contributed by atoms with E-state index in [1.165, 1.54) is 99.2 Å². The molecule has 0 bridgehead atoms. The van der Waals surface area contributed by atoms with Crippen LogP contribution in [0.15, 0.2) is 243 Å². The van der Waals surface area contributed by atoms with Crippen LogP contribution in [0.25, 0.3) is 88.4 Å². The lowest BCUT2D eigenvalue weighted by atomic mass is 9.67. The van der Waals surface area contributed by atoms with Crippen molar-refractivity contribution in [3.05, 3.63) is 265 Å². The van der Waals surface area contributed by atoms with Gasteiger partial charge >= 0.3 is 0 Å². The van der Waals surface area contributed by atoms with Gasteiger partial charge in [0.05, 0.1) is 27.5 Å². The average molecular weight is 801 g/mol. The van der Waals surface area contributed by atoms with E-state index < -0.39 is 5.41 Å². The van der Waals surface area contributed by atoms with E-state index in [1.54, 1.807) is 0 Å². The first-order valence-electron chi connectivity index (χ1n) is 21.8. The van der Waals surface area contributed by atoms with Crippen molar-refractivity contribution in [3.8, 4) is 44.8 Å². The summed E-state index contributed by atoms with van der Waals surface area (Å²) in [6.45, 7) is 0. The molecule has 0 spiro atoms. The molecule has 1 aliphatic rings. The molecule has 0 saturated heterocycles. The number of benzene rings is 10. The van der Waals surface area contributed by atoms with Crippen LogP contribution in [-0.2, 0) is 5.41 Å². The maximum atomic E-state index is 2.49. The zero-order chi connectivity index (χ0) is 41.5. The van der Waals surface area contributed by atoms with E-state index in [4.69, 9.17) is 0 Å². The van der Waals surface area contributed by atoms with E-state index >= 15 is 0 Å². The number of rotatable bonds is 6. The molecule has 13 rings (SSSR count). The van der Waals surface area contributed by atoms with Crippen molar-refractivity contribution in [3.63, 3.8) is 0 Å². The number of hydrogen-bond donors (Lipinski definition) is 0. The minimum absolute atomic E-state index is 0.488. The fraction of sp³-hybridized carbons (Fsp3) is 0.0164. The summed E-state index contributed by atoms with van der Waals surface area (Å²) in [6.07, 6.45) is 0. The largest absolute Gasteiger partial charge is 0.309 e. The highest BCUT2D eigenvalue weighted by Gasteiger charge is 2.46. The lowest BCUT2D eigenvalue weighted by Gasteiger charge is -2.34. The summed E-state index contributed by atoms with van der Waals surface area (Å²) in [7, 11) is 0. The maximum Gasteiger partial charge on any atom is 0.0713 e. The first kappa shape index (κ1) is 35.5. The molecular weight excluding hydrogens is 761 g/mol. The fourth-order valence-corrected chi connectivity index (χ4v) is 10.9. The molecule has 0 unspecified atom stereocenters. The van der Waals surface area contributed by atoms with Gasteiger partial charge in [-0.1, -0.05) is 182 Å². The van der Waals surface area contributed by atoms with Crippen LogP contribution < -0.4 is 0 Å². The standard InChI is InChI=1S/C61H40N2/c1-4-17-41(18-5-1)42-19-16-24-48(37-42)63-57-30-15-12-27-51(57)52-34-31-44(39-60(52)63)43-32-35-58-53(38-43)54-40-46(33-36-59(54)62(58)47-22-8-3-9-23-47)61(45-20-6-2-7-21-45)55-28-13-10-25-49(55)50-26-11-14-29-56(50)61/h1-40H. The summed E-state index contributed by atoms with van der Waals surface area (Å²) in [6, 6.07) is 89.6. The van der Waals surface area contributed by atoms with E-state index in [0.717, 1.165) is 11.4 Å². The summed E-state index contributed by atoms with van der Waals surface area (Å²) in [5.41, 5.74) is 19.1. The van der Waals surface area contributed by atoms with Gasteiger partial charge in [-0.15, -0.1) is 0 Å². The van der Waals surface area contributed by atoms with Crippen molar-refractivity contribution in [1.82, 2.24) is 9.13 Å². The van der Waals surface area contributed by atoms with Gasteiger partial charge in [0, 0.05) is 32.9 Å². The molecule has 0 amide bonds. The molecule has 12 aromatic rings. The number of aromatic nitrogens is 2. The molecule has 0 fully saturated rings. The third-order valence-corrected chi connectivity index (χ3v) is 13.6. The Morgan fingerprint density at radius 1 is 0.254 bits per heavy atom. The quantitative estimate of drug-likeness (QED) is 0.159. The van der Waals surface area contributed by atoms with Crippen molar-refractivity contribution < 1.29 is 0 Å². The summed E-state index contributed by atoms with van der Waals surface area (Å²) >= 11 is 0. The third kappa shape index (κ3) is 5.25. The Morgan fingerprint density at radius 2 is 0.762 bits per heavy atom. The molecule has 0 saturated carbocycles. The number of hydrogen-bond acceptors (Lipinski definition) is 0. The molecule has 0 N–H and O–H groups in total. The lowest BCUT2D eigenvalue weighted by Crippen LogP contribution is -2.28. The molecule has 2 heteroatoms. The highest BCUT2D eigenvalue weighted by atomic mass is 15.0. The fourth-order valence-electron chi connectivity index (χ4n) is 10.9. The highest BCUT2D eigenvalue weighted by molar-refractivity contribution is 6.13. The Kier molecular flexibility index (Phi) is 7.85. The van der Waals surface area contributed by atoms with Crippen LogP contribution in [0, 0.1) is 0 Å². The Balaban J connectivity index is 1.05. The zero-order valence-corrected chi connectivity index (χ0v) is 34.5. The molecule has 1 aliphatic carbocycles. The summed E-state index contributed by atoms with van der Waals surface area (Å²) in [5, 5.41) is 4.96. The molecule has 2 heterocycles. The Bertz CT molecular complexity index is 3680. The second-order valence-corrected chi connectivity index (χ2v) is 16.8. The van der Waals surface area contributed by atoms with Gasteiger partial charge in [-0.3, -0.25) is 0 Å². The Hall–Kier alpha value is -8.20. The lowest BCUT2D eigenvalue weighted by molar-refractivity contribution is 0.770. The van der Waals surface area contributed by atoms with E-state index in [2.05, 4.69) is 252 Å². The minimum Gasteiger partial charge on any atom is -0.309 e. The Labute approximate surface area is 366 Å². The van der Waals surface area contributed by atoms with Gasteiger partial charge in [0.2, 0.25) is 0 Å². The summed E-state index contributed by atoms with van der Waals surface area (Å²) < 4.78 is 4.87. The monoisotopic (exact) mass is 800 g/mol. The zero-order valence-electron chi connectivity index (χ0n) is 34.5. The van der Waals surface area contributed by atoms with Crippen molar-refractivity contribution in [1.29, 1.82) is 0 Å². The third-order valence-electron chi connectivity index (χ3n) is 13.6. The Morgan fingerprint density at radius 3 is 1.52 bits per heavy atom. The van der Waals surface area contributed by atoms with Crippen molar-refractivity contribution >= 4 is 43.6 Å². The predicted molar refractivity (Wildman–Crippen MR) is 263 cm³/mol. The second-order valence-electron chi connectivity index (χ2n) is 16.8. The van der Waals surface area contributed by atoms with Gasteiger partial charge in [0.1, 0.15) is 0 Å². The normalized spacial score (nSPS) is 12.9. The molecule has 294 valence electrons. The van der Waals surface area contributed by atoms with Crippen LogP contribution in [0.2, 0.25) is 0 Å². The minimum atomic E-state index is -0.488. The van der Waals surface area contributed by atoms with Gasteiger partial charge in [0.15, 0.2) is 0 Å². The van der Waals surface area contributed by atoms with E-state index in [0.29, 0.717) is 0 Å². The molecule has 0 aliphatic heterocycles. The number of fused-ring (bicyclic) bond motifs is 9. The SMILES string of the molecule is c1ccc(-c2cccc(-n3c4ccccc4c4ccc(-c5ccc6c(c5)c5cc(C7(c8ccccc8)c8ccccc8-c8ccccc87)ccc5n6-c5ccccc5)cc43)c2)cc1. The average Bonchev–Trinajstić information content (AvgIpc) is 3.98. The van der Waals surface area contributed by atoms with Gasteiger partial charge in [0.25, 0.3) is 0 Å². The van der Waals surface area contributed by atoms with Crippen molar-refractivity contribution in [2.75, 3.05) is 0 Å². The molecule has 0 radical (unpaired) electrons. The number of nitrogens with zero attached hydrogens (tertiary/aromatic N) is 2. The predicted octanol–water partition coefficient (Wildman–Crippen LogP) is 15.6. The van der Waals surface area contributed by atoms with E-state index in [-0.39, 0.29) is 0 Å². The molecule has 2 nitrogen and oxygen atoms in total. The van der Waals surface area contributed by atoms with Crippen molar-refractivity contribution in [2.45, 2.75) is 5.41 Å². The molecule has 2 aromatic heterocycles. The van der Waals surface area contributed by atoms with Crippen LogP contribution >= 0.6 is 0 Å². The molecular formula is C61H40N2. The van der Waals surface area contributed by atoms with Crippen LogP contribution in [-0.4, -0.2) is 9.13 Å². The topological polar surface area (TPSA) is 9.86 Å². The number of para-hydroxylation sites is 2. The molecule has 0 atom stereocenters. The summed E-state index contributed by atoms with van der Waals surface area (Å²) in [5.74, 6) is 0. The highest BCUT2D eigenvalue weighted by Crippen LogP contribution is 2.56. The first-order chi connectivity index (χ1) is 31.3. The smallest absolute Gasteiger partial charge is 0.0713 e. The van der Waals surface area contributed by atoms with E-state index in [1.807, 2.05) is 0 Å². The van der Waals surface area contributed by atoms with Gasteiger partial charge in [-0.2, -0.15) is 0 Å². The molecule has 10 aromatic carbocycles. The van der Waals surface area contributed by atoms with Gasteiger partial charge in [-0.05, 0) is 116 Å². The van der Waals surface area contributed by atoms with Gasteiger partial charge < -0.3 is 9.13 Å². The maximum absolute atomic E-state index is 2.49. The molecule has 63 heavy (non-hydrogen) atoms. The van der Waals surface area contributed by atoms with Crippen LogP contribution in [0.5, 0.6) is 0 Å². The second kappa shape index (κ2) is 13.9.